The zero-order chi connectivity index (χ0) is 53.8. The molecule has 0 bridgehead atoms. The molecule has 1 aromatic carbocycles. The van der Waals surface area contributed by atoms with E-state index < -0.39 is 120 Å². The first-order chi connectivity index (χ1) is 34.3. The third kappa shape index (κ3) is 23.0. The average Bonchev–Trinajstić information content (AvgIpc) is 3.32. The van der Waals surface area contributed by atoms with Crippen molar-refractivity contribution in [1.29, 1.82) is 0 Å². The van der Waals surface area contributed by atoms with Crippen LogP contribution in [-0.4, -0.2) is 144 Å². The molecular formula is C50H85N11O11. The van der Waals surface area contributed by atoms with Crippen LogP contribution in [0.1, 0.15) is 123 Å². The van der Waals surface area contributed by atoms with Crippen LogP contribution < -0.4 is 60.2 Å². The molecule has 1 aliphatic heterocycles. The molecule has 0 aliphatic carbocycles. The van der Waals surface area contributed by atoms with E-state index in [2.05, 4.69) is 44.1 Å². The summed E-state index contributed by atoms with van der Waals surface area (Å²) in [6.45, 7) is 6.14. The molecule has 0 spiro atoms. The number of unbranched alkanes of at least 4 members (excludes halogenated alkanes) is 4. The quantitative estimate of drug-likeness (QED) is 0.0516. The van der Waals surface area contributed by atoms with Crippen LogP contribution in [0.3, 0.4) is 0 Å². The lowest BCUT2D eigenvalue weighted by Crippen LogP contribution is -2.60. The van der Waals surface area contributed by atoms with Crippen molar-refractivity contribution >= 4 is 52.9 Å². The van der Waals surface area contributed by atoms with Crippen LogP contribution >= 0.6 is 0 Å². The Hall–Kier alpha value is -5.39. The van der Waals surface area contributed by atoms with E-state index in [4.69, 9.17) is 22.9 Å². The van der Waals surface area contributed by atoms with Crippen molar-refractivity contribution in [3.63, 3.8) is 0 Å². The van der Waals surface area contributed by atoms with E-state index in [0.717, 1.165) is 32.1 Å². The van der Waals surface area contributed by atoms with E-state index in [1.165, 1.54) is 6.92 Å². The molecule has 10 atom stereocenters. The predicted molar refractivity (Wildman–Crippen MR) is 271 cm³/mol. The second kappa shape index (κ2) is 34.1. The summed E-state index contributed by atoms with van der Waals surface area (Å²) in [6, 6.07) is 0.717. The number of nitrogens with one attached hydrogen (secondary N) is 7. The number of hydrogen-bond acceptors (Lipinski definition) is 15. The molecule has 0 unspecified atom stereocenters. The van der Waals surface area contributed by atoms with Gasteiger partial charge in [0.1, 0.15) is 36.0 Å². The fourth-order valence-corrected chi connectivity index (χ4v) is 8.33. The van der Waals surface area contributed by atoms with E-state index >= 15 is 0 Å². The van der Waals surface area contributed by atoms with E-state index in [9.17, 15) is 53.4 Å². The molecule has 7 amide bonds. The summed E-state index contributed by atoms with van der Waals surface area (Å²) >= 11 is 0. The van der Waals surface area contributed by atoms with Gasteiger partial charge in [0.2, 0.25) is 41.4 Å². The summed E-state index contributed by atoms with van der Waals surface area (Å²) in [4.78, 5) is 125. The number of aliphatic hydroxyl groups is 2. The highest BCUT2D eigenvalue weighted by atomic mass is 16.3. The van der Waals surface area contributed by atoms with Gasteiger partial charge in [0, 0.05) is 38.8 Å². The summed E-state index contributed by atoms with van der Waals surface area (Å²) in [5, 5.41) is 39.8. The van der Waals surface area contributed by atoms with Gasteiger partial charge >= 0.3 is 0 Å². The topological polar surface area (TPSA) is 382 Å². The van der Waals surface area contributed by atoms with Crippen LogP contribution in [-0.2, 0) is 49.6 Å². The zero-order valence-corrected chi connectivity index (χ0v) is 42.8. The van der Waals surface area contributed by atoms with Gasteiger partial charge in [-0.1, -0.05) is 83.2 Å². The monoisotopic (exact) mass is 1020 g/mol. The van der Waals surface area contributed by atoms with Gasteiger partial charge in [-0.2, -0.15) is 0 Å². The van der Waals surface area contributed by atoms with Crippen molar-refractivity contribution < 1.29 is 53.4 Å². The molecule has 2 rings (SSSR count). The number of benzene rings is 1. The van der Waals surface area contributed by atoms with Gasteiger partial charge in [-0.25, -0.2) is 0 Å². The summed E-state index contributed by atoms with van der Waals surface area (Å²) in [5.41, 5.74) is 24.2. The third-order valence-corrected chi connectivity index (χ3v) is 12.5. The van der Waals surface area contributed by atoms with Crippen molar-refractivity contribution in [3.8, 4) is 0 Å². The smallest absolute Gasteiger partial charge is 0.243 e. The summed E-state index contributed by atoms with van der Waals surface area (Å²) < 4.78 is 0. The van der Waals surface area contributed by atoms with Crippen molar-refractivity contribution in [1.82, 2.24) is 37.2 Å². The van der Waals surface area contributed by atoms with Crippen molar-refractivity contribution in [2.45, 2.75) is 172 Å². The molecule has 1 saturated heterocycles. The number of carbonyl (C=O) groups excluding carboxylic acids is 9. The Kier molecular flexibility index (Phi) is 29.7. The number of nitrogens with two attached hydrogens (primary N) is 4. The highest BCUT2D eigenvalue weighted by Gasteiger charge is 2.36. The number of ketones is 2. The minimum Gasteiger partial charge on any atom is -0.393 e. The molecule has 1 aliphatic rings. The Labute approximate surface area is 424 Å². The van der Waals surface area contributed by atoms with Crippen molar-refractivity contribution in [2.24, 2.45) is 40.7 Å². The minimum absolute atomic E-state index is 0.0620. The van der Waals surface area contributed by atoms with Crippen LogP contribution in [0.4, 0.5) is 0 Å². The first kappa shape index (κ1) is 62.7. The van der Waals surface area contributed by atoms with Gasteiger partial charge < -0.3 is 70.4 Å². The second-order valence-electron chi connectivity index (χ2n) is 19.3. The molecule has 1 fully saturated rings. The van der Waals surface area contributed by atoms with Crippen molar-refractivity contribution in [3.05, 3.63) is 35.9 Å². The molecule has 17 N–H and O–H groups in total. The third-order valence-electron chi connectivity index (χ3n) is 12.5. The Morgan fingerprint density at radius 2 is 1.19 bits per heavy atom. The molecule has 0 radical (unpaired) electrons. The molecule has 1 heterocycles. The Balaban J connectivity index is 2.64. The highest BCUT2D eigenvalue weighted by Crippen LogP contribution is 2.16. The molecule has 0 saturated carbocycles. The van der Waals surface area contributed by atoms with E-state index in [-0.39, 0.29) is 90.0 Å². The van der Waals surface area contributed by atoms with Gasteiger partial charge in [-0.3, -0.25) is 43.2 Å². The molecule has 72 heavy (non-hydrogen) atoms. The highest BCUT2D eigenvalue weighted by molar-refractivity contribution is 5.98. The Morgan fingerprint density at radius 3 is 1.76 bits per heavy atom. The standard InChI is InChI=1S/C50H85N11O11/c1-5-6-7-8-12-15-34(63)27-35(64)26-33(29-54)44(66)57-40-19-23-55-45(67)36(31(4)62)28-43(65)37(16-20-51)56-46(68)38(17-21-52)59-49(71)41(24-30(2)3)60-50(72)42(25-32-13-10-9-11-14-32)61-47(69)39(18-22-53)58-48(40)70/h9-11,13-14,30-31,33-34,36-42,62-63H,5-8,12,15-29,51-54H2,1-4H3,(H,55,67)(H,56,68)(H,57,66)(H,58,70)(H,59,71)(H,60,72)(H,61,69)/t31-,33-,34-,36+,37+,38+,39+,40+,41+,42-/m1/s1. The lowest BCUT2D eigenvalue weighted by atomic mass is 9.92. The van der Waals surface area contributed by atoms with Crippen LogP contribution in [0.2, 0.25) is 0 Å². The number of Topliss-reactive ketones (excluding diaryl/α,β-unsaturated/α-hetero) is 2. The maximum Gasteiger partial charge on any atom is 0.243 e. The van der Waals surface area contributed by atoms with Crippen LogP contribution in [0.25, 0.3) is 0 Å². The number of amides is 7. The van der Waals surface area contributed by atoms with E-state index in [1.54, 1.807) is 30.3 Å². The first-order valence-corrected chi connectivity index (χ1v) is 25.6. The zero-order valence-electron chi connectivity index (χ0n) is 42.8. The fraction of sp³-hybridized carbons (Fsp3) is 0.700. The van der Waals surface area contributed by atoms with Crippen molar-refractivity contribution in [2.75, 3.05) is 32.7 Å². The maximum atomic E-state index is 14.3. The largest absolute Gasteiger partial charge is 0.393 e. The van der Waals surface area contributed by atoms with Crippen LogP contribution in [0.15, 0.2) is 30.3 Å². The van der Waals surface area contributed by atoms with Crippen LogP contribution in [0.5, 0.6) is 0 Å². The molecule has 22 nitrogen and oxygen atoms in total. The van der Waals surface area contributed by atoms with Gasteiger partial charge in [0.25, 0.3) is 0 Å². The molecule has 406 valence electrons. The minimum atomic E-state index is -1.48. The Morgan fingerprint density at radius 1 is 0.667 bits per heavy atom. The second-order valence-corrected chi connectivity index (χ2v) is 19.3. The summed E-state index contributed by atoms with van der Waals surface area (Å²) in [7, 11) is 0. The van der Waals surface area contributed by atoms with Gasteiger partial charge in [-0.15, -0.1) is 0 Å². The number of carbonyl (C=O) groups is 9. The molecule has 1 aromatic rings. The first-order valence-electron chi connectivity index (χ1n) is 25.6. The summed E-state index contributed by atoms with van der Waals surface area (Å²) in [6.07, 6.45) is 1.25. The number of aliphatic hydroxyl groups excluding tert-OH is 2. The lowest BCUT2D eigenvalue weighted by molar-refractivity contribution is -0.136. The fourth-order valence-electron chi connectivity index (χ4n) is 8.33. The molecular weight excluding hydrogens is 931 g/mol. The van der Waals surface area contributed by atoms with Crippen LogP contribution in [0, 0.1) is 17.8 Å². The summed E-state index contributed by atoms with van der Waals surface area (Å²) in [5.74, 6) is -9.38. The molecule has 0 aromatic heterocycles. The normalized spacial score (nSPS) is 23.9. The van der Waals surface area contributed by atoms with E-state index in [1.807, 2.05) is 13.8 Å². The lowest BCUT2D eigenvalue weighted by Gasteiger charge is -2.28. The SMILES string of the molecule is CCCCCCC[C@@H](O)CC(=O)C[C@H](CN)C(=O)N[C@H]1CCNC(=O)[C@H]([C@@H](C)O)CC(=O)[C@H](CCN)NC(=O)[C@H](CCN)NC(=O)[C@H](CC(C)C)NC(=O)[C@@H](Cc2ccccc2)NC(=O)[C@H](CCN)NC1=O. The average molecular weight is 1020 g/mol. The van der Waals surface area contributed by atoms with Gasteiger partial charge in [0.05, 0.1) is 30.1 Å². The van der Waals surface area contributed by atoms with Gasteiger partial charge in [-0.05, 0) is 76.6 Å². The predicted octanol–water partition coefficient (Wildman–Crippen LogP) is -1.65. The Bertz CT molecular complexity index is 1890. The van der Waals surface area contributed by atoms with Gasteiger partial charge in [0.15, 0.2) is 5.78 Å². The van der Waals surface area contributed by atoms with E-state index in [0.29, 0.717) is 12.0 Å². The number of hydrogen-bond donors (Lipinski definition) is 13. The number of rotatable bonds is 24. The maximum absolute atomic E-state index is 14.3. The molecule has 22 heteroatoms.